The van der Waals surface area contributed by atoms with Crippen molar-refractivity contribution in [2.45, 2.75) is 21.6 Å². The molecule has 126 valence electrons. The van der Waals surface area contributed by atoms with Gasteiger partial charge in [-0.25, -0.2) is 8.42 Å². The number of halogens is 2. The van der Waals surface area contributed by atoms with Crippen molar-refractivity contribution in [2.75, 3.05) is 0 Å². The molecule has 3 N–H and O–H groups in total. The molecule has 3 rings (SSSR count). The molecule has 24 heavy (non-hydrogen) atoms. The van der Waals surface area contributed by atoms with Crippen molar-refractivity contribution in [1.82, 2.24) is 0 Å². The summed E-state index contributed by atoms with van der Waals surface area (Å²) < 4.78 is 25.8. The van der Waals surface area contributed by atoms with E-state index in [0.717, 1.165) is 0 Å². The minimum absolute atomic E-state index is 0.0162. The molecule has 0 spiro atoms. The van der Waals surface area contributed by atoms with E-state index >= 15 is 0 Å². The van der Waals surface area contributed by atoms with E-state index < -0.39 is 32.5 Å². The van der Waals surface area contributed by atoms with Crippen LogP contribution >= 0.6 is 23.2 Å². The number of hydrogen-bond donors (Lipinski definition) is 2. The first kappa shape index (κ1) is 17.2. The van der Waals surface area contributed by atoms with Crippen LogP contribution < -0.4 is 5.73 Å². The summed E-state index contributed by atoms with van der Waals surface area (Å²) >= 11 is 11.7. The third-order valence-corrected chi connectivity index (χ3v) is 6.98. The van der Waals surface area contributed by atoms with Crippen LogP contribution in [0.4, 0.5) is 0 Å². The summed E-state index contributed by atoms with van der Waals surface area (Å²) in [5.41, 5.74) is 4.55. The Balaban J connectivity index is 2.08. The van der Waals surface area contributed by atoms with E-state index in [1.165, 1.54) is 30.3 Å². The Hall–Kier alpha value is -1.60. The van der Waals surface area contributed by atoms with Crippen LogP contribution in [0.1, 0.15) is 11.5 Å². The quantitative estimate of drug-likeness (QED) is 0.842. The molecule has 1 fully saturated rings. The average molecular weight is 386 g/mol. The fraction of sp³-hybridized carbons (Fsp3) is 0.188. The van der Waals surface area contributed by atoms with Crippen molar-refractivity contribution in [1.29, 1.82) is 0 Å². The van der Waals surface area contributed by atoms with Gasteiger partial charge < -0.3 is 10.8 Å². The Bertz CT molecular complexity index is 914. The molecule has 1 aliphatic carbocycles. The first-order valence-electron chi connectivity index (χ1n) is 6.96. The molecule has 1 saturated carbocycles. The molecule has 0 amide bonds. The summed E-state index contributed by atoms with van der Waals surface area (Å²) in [7, 11) is -3.95. The largest absolute Gasteiger partial charge is 0.480 e. The van der Waals surface area contributed by atoms with Crippen LogP contribution in [-0.2, 0) is 14.6 Å². The second kappa shape index (κ2) is 5.74. The summed E-state index contributed by atoms with van der Waals surface area (Å²) in [6.07, 6.45) is 0. The molecule has 2 aromatic carbocycles. The van der Waals surface area contributed by atoms with E-state index in [9.17, 15) is 18.3 Å². The van der Waals surface area contributed by atoms with E-state index in [1.54, 1.807) is 18.2 Å². The monoisotopic (exact) mass is 385 g/mol. The highest BCUT2D eigenvalue weighted by Crippen LogP contribution is 2.56. The molecule has 5 nitrogen and oxygen atoms in total. The molecule has 0 aliphatic heterocycles. The second-order valence-electron chi connectivity index (χ2n) is 5.69. The zero-order chi connectivity index (χ0) is 17.7. The Morgan fingerprint density at radius 2 is 1.71 bits per heavy atom. The number of carboxylic acids is 1. The SMILES string of the molecule is N[C@]1(C(=O)O)[C@@H](c2cccc(Cl)c2)[C@@H]1S(=O)(=O)c1ccc(Cl)cc1. The highest BCUT2D eigenvalue weighted by Gasteiger charge is 2.74. The number of hydrogen-bond acceptors (Lipinski definition) is 4. The fourth-order valence-corrected chi connectivity index (χ4v) is 5.54. The topological polar surface area (TPSA) is 97.5 Å². The minimum Gasteiger partial charge on any atom is -0.480 e. The zero-order valence-electron chi connectivity index (χ0n) is 12.2. The summed E-state index contributed by atoms with van der Waals surface area (Å²) in [6, 6.07) is 12.0. The van der Waals surface area contributed by atoms with Gasteiger partial charge in [-0.05, 0) is 42.0 Å². The van der Waals surface area contributed by atoms with Gasteiger partial charge in [0.2, 0.25) is 0 Å². The summed E-state index contributed by atoms with van der Waals surface area (Å²) in [4.78, 5) is 11.6. The van der Waals surface area contributed by atoms with E-state index in [1.807, 2.05) is 0 Å². The highest BCUT2D eigenvalue weighted by molar-refractivity contribution is 7.92. The average Bonchev–Trinajstić information content (AvgIpc) is 3.17. The van der Waals surface area contributed by atoms with Crippen LogP contribution in [0.25, 0.3) is 0 Å². The lowest BCUT2D eigenvalue weighted by molar-refractivity contribution is -0.139. The van der Waals surface area contributed by atoms with Gasteiger partial charge in [-0.3, -0.25) is 4.79 Å². The standard InChI is InChI=1S/C16H13Cl2NO4S/c17-10-4-6-12(7-5-10)24(22,23)14-13(16(14,19)15(20)21)9-2-1-3-11(18)8-9/h1-8,13-14H,19H2,(H,20,21)/t13-,14-,16+/m0/s1. The molecule has 0 radical (unpaired) electrons. The van der Waals surface area contributed by atoms with Crippen molar-refractivity contribution in [3.63, 3.8) is 0 Å². The minimum atomic E-state index is -3.95. The third kappa shape index (κ3) is 2.59. The van der Waals surface area contributed by atoms with Gasteiger partial charge in [0.25, 0.3) is 0 Å². The number of benzene rings is 2. The molecule has 1 aliphatic rings. The Labute approximate surface area is 148 Å². The molecule has 8 heteroatoms. The molecule has 2 aromatic rings. The van der Waals surface area contributed by atoms with Crippen molar-refractivity contribution in [3.8, 4) is 0 Å². The van der Waals surface area contributed by atoms with Gasteiger partial charge in [-0.2, -0.15) is 0 Å². The number of aliphatic carboxylic acids is 1. The molecule has 0 unspecified atom stereocenters. The Morgan fingerprint density at radius 3 is 2.25 bits per heavy atom. The molecular weight excluding hydrogens is 373 g/mol. The molecule has 0 saturated heterocycles. The van der Waals surface area contributed by atoms with Gasteiger partial charge in [-0.15, -0.1) is 0 Å². The van der Waals surface area contributed by atoms with Crippen LogP contribution in [0, 0.1) is 0 Å². The maximum absolute atomic E-state index is 12.9. The van der Waals surface area contributed by atoms with Gasteiger partial charge in [-0.1, -0.05) is 35.3 Å². The molecule has 0 aromatic heterocycles. The maximum Gasteiger partial charge on any atom is 0.325 e. The van der Waals surface area contributed by atoms with Gasteiger partial charge in [0.05, 0.1) is 4.90 Å². The molecule has 0 heterocycles. The normalized spacial score (nSPS) is 26.1. The Kier molecular flexibility index (Phi) is 4.12. The van der Waals surface area contributed by atoms with Crippen LogP contribution in [0.2, 0.25) is 10.0 Å². The fourth-order valence-electron chi connectivity index (χ4n) is 2.99. The number of carbonyl (C=O) groups is 1. The Morgan fingerprint density at radius 1 is 1.08 bits per heavy atom. The second-order valence-corrected chi connectivity index (χ2v) is 8.63. The van der Waals surface area contributed by atoms with Crippen LogP contribution in [0.3, 0.4) is 0 Å². The third-order valence-electron chi connectivity index (χ3n) is 4.23. The van der Waals surface area contributed by atoms with Crippen LogP contribution in [0.5, 0.6) is 0 Å². The smallest absolute Gasteiger partial charge is 0.325 e. The predicted octanol–water partition coefficient (Wildman–Crippen LogP) is 2.72. The summed E-state index contributed by atoms with van der Waals surface area (Å²) in [6.45, 7) is 0. The lowest BCUT2D eigenvalue weighted by Crippen LogP contribution is -2.39. The van der Waals surface area contributed by atoms with Crippen LogP contribution in [-0.4, -0.2) is 30.3 Å². The van der Waals surface area contributed by atoms with Gasteiger partial charge in [0.15, 0.2) is 9.84 Å². The van der Waals surface area contributed by atoms with E-state index in [2.05, 4.69) is 0 Å². The highest BCUT2D eigenvalue weighted by atomic mass is 35.5. The summed E-state index contributed by atoms with van der Waals surface area (Å²) in [5, 5.41) is 8.99. The van der Waals surface area contributed by atoms with Crippen molar-refractivity contribution < 1.29 is 18.3 Å². The van der Waals surface area contributed by atoms with Gasteiger partial charge in [0, 0.05) is 16.0 Å². The van der Waals surface area contributed by atoms with Gasteiger partial charge in [0.1, 0.15) is 10.8 Å². The predicted molar refractivity (Wildman–Crippen MR) is 91.2 cm³/mol. The van der Waals surface area contributed by atoms with Crippen molar-refractivity contribution in [2.24, 2.45) is 5.73 Å². The zero-order valence-corrected chi connectivity index (χ0v) is 14.5. The molecule has 0 bridgehead atoms. The summed E-state index contributed by atoms with van der Waals surface area (Å²) in [5.74, 6) is -2.25. The van der Waals surface area contributed by atoms with Crippen molar-refractivity contribution >= 4 is 39.0 Å². The number of sulfone groups is 1. The first-order chi connectivity index (χ1) is 11.2. The maximum atomic E-state index is 12.9. The number of rotatable bonds is 4. The lowest BCUT2D eigenvalue weighted by Gasteiger charge is -2.07. The lowest BCUT2D eigenvalue weighted by atomic mass is 10.1. The molecule has 3 atom stereocenters. The van der Waals surface area contributed by atoms with E-state index in [-0.39, 0.29) is 4.90 Å². The van der Waals surface area contributed by atoms with Crippen molar-refractivity contribution in [3.05, 3.63) is 64.1 Å². The number of carboxylic acid groups (broad SMARTS) is 1. The molecular formula is C16H13Cl2NO4S. The van der Waals surface area contributed by atoms with E-state index in [4.69, 9.17) is 28.9 Å². The van der Waals surface area contributed by atoms with Gasteiger partial charge >= 0.3 is 5.97 Å². The van der Waals surface area contributed by atoms with Crippen LogP contribution in [0.15, 0.2) is 53.4 Å². The van der Waals surface area contributed by atoms with E-state index in [0.29, 0.717) is 15.6 Å². The number of nitrogens with two attached hydrogens (primary N) is 1. The first-order valence-corrected chi connectivity index (χ1v) is 9.26.